The molecule has 0 amide bonds. The van der Waals surface area contributed by atoms with Crippen LogP contribution in [0.25, 0.3) is 0 Å². The van der Waals surface area contributed by atoms with E-state index in [4.69, 9.17) is 11.6 Å². The van der Waals surface area contributed by atoms with E-state index in [9.17, 15) is 0 Å². The van der Waals surface area contributed by atoms with Gasteiger partial charge in [-0.15, -0.1) is 0 Å². The smallest absolute Gasteiger partial charge is 0.208 e. The minimum Gasteiger partial charge on any atom is -0.369 e. The van der Waals surface area contributed by atoms with Gasteiger partial charge < -0.3 is 5.73 Å². The fourth-order valence-electron chi connectivity index (χ4n) is 0.520. The highest BCUT2D eigenvalue weighted by atomic mass is 15.3. The molecule has 6 nitrogen and oxygen atoms in total. The zero-order valence-corrected chi connectivity index (χ0v) is 5.73. The van der Waals surface area contributed by atoms with Gasteiger partial charge in [0.1, 0.15) is 12.0 Å². The van der Waals surface area contributed by atoms with Crippen LogP contribution in [0.1, 0.15) is 0 Å². The van der Waals surface area contributed by atoms with Crippen molar-refractivity contribution in [3.05, 3.63) is 18.7 Å². The molecule has 0 aliphatic carbocycles. The summed E-state index contributed by atoms with van der Waals surface area (Å²) in [6, 6.07) is 0. The Balaban J connectivity index is 2.79. The Kier molecular flexibility index (Phi) is 2.34. The van der Waals surface area contributed by atoms with Gasteiger partial charge in [-0.2, -0.15) is 0 Å². The molecule has 0 saturated carbocycles. The van der Waals surface area contributed by atoms with Gasteiger partial charge in [0, 0.05) is 0 Å². The summed E-state index contributed by atoms with van der Waals surface area (Å²) in [7, 11) is 0. The first-order valence-electron chi connectivity index (χ1n) is 2.88. The third-order valence-electron chi connectivity index (χ3n) is 0.944. The first-order valence-corrected chi connectivity index (χ1v) is 2.88. The Morgan fingerprint density at radius 1 is 1.45 bits per heavy atom. The van der Waals surface area contributed by atoms with Gasteiger partial charge in [0.15, 0.2) is 0 Å². The molecule has 5 N–H and O–H groups in total. The van der Waals surface area contributed by atoms with Gasteiger partial charge >= 0.3 is 0 Å². The van der Waals surface area contributed by atoms with Crippen LogP contribution in [-0.4, -0.2) is 15.9 Å². The maximum Gasteiger partial charge on any atom is 0.208 e. The third kappa shape index (κ3) is 2.18. The Morgan fingerprint density at radius 2 is 2.09 bits per heavy atom. The van der Waals surface area contributed by atoms with Gasteiger partial charge in [0.2, 0.25) is 5.96 Å². The fourth-order valence-corrected chi connectivity index (χ4v) is 0.520. The van der Waals surface area contributed by atoms with E-state index in [1.165, 1.54) is 18.7 Å². The summed E-state index contributed by atoms with van der Waals surface area (Å²) >= 11 is 0. The van der Waals surface area contributed by atoms with Gasteiger partial charge in [0.05, 0.1) is 12.4 Å². The Labute approximate surface area is 63.3 Å². The van der Waals surface area contributed by atoms with E-state index in [0.29, 0.717) is 5.69 Å². The monoisotopic (exact) mass is 152 g/mol. The lowest BCUT2D eigenvalue weighted by atomic mass is 10.6. The molecule has 0 bridgehead atoms. The Bertz CT molecular complexity index is 242. The highest BCUT2D eigenvalue weighted by Gasteiger charge is 1.88. The number of nitrogens with two attached hydrogens (primary N) is 2. The van der Waals surface area contributed by atoms with E-state index >= 15 is 0 Å². The van der Waals surface area contributed by atoms with Crippen LogP contribution in [0.5, 0.6) is 0 Å². The minimum absolute atomic E-state index is 0.125. The van der Waals surface area contributed by atoms with E-state index < -0.39 is 0 Å². The number of nitrogens with one attached hydrogen (secondary N) is 1. The van der Waals surface area contributed by atoms with Crippen molar-refractivity contribution in [2.75, 3.05) is 0 Å². The lowest BCUT2D eigenvalue weighted by Gasteiger charge is -1.95. The molecule has 0 fully saturated rings. The van der Waals surface area contributed by atoms with Gasteiger partial charge in [-0.1, -0.05) is 0 Å². The number of guanidine groups is 1. The summed E-state index contributed by atoms with van der Waals surface area (Å²) in [5, 5.41) is 0. The summed E-state index contributed by atoms with van der Waals surface area (Å²) in [5.74, 6) is 5.10. The molecule has 0 aliphatic heterocycles. The highest BCUT2D eigenvalue weighted by Crippen LogP contribution is 2.03. The number of hydrogen-bond acceptors (Lipinski definition) is 4. The zero-order chi connectivity index (χ0) is 8.10. The van der Waals surface area contributed by atoms with Crippen molar-refractivity contribution in [2.45, 2.75) is 0 Å². The van der Waals surface area contributed by atoms with Crippen LogP contribution in [0.15, 0.2) is 23.7 Å². The SMILES string of the molecule is NNC(N)=Nc1cncnc1. The van der Waals surface area contributed by atoms with E-state index in [-0.39, 0.29) is 5.96 Å². The quantitative estimate of drug-likeness (QED) is 0.205. The average Bonchev–Trinajstić information content (AvgIpc) is 2.06. The molecule has 0 spiro atoms. The van der Waals surface area contributed by atoms with Crippen molar-refractivity contribution in [1.82, 2.24) is 15.4 Å². The molecule has 1 aromatic rings. The molecule has 0 aliphatic rings. The average molecular weight is 152 g/mol. The summed E-state index contributed by atoms with van der Waals surface area (Å²) in [5.41, 5.74) is 8.01. The molecule has 0 radical (unpaired) electrons. The molecule has 1 rings (SSSR count). The lowest BCUT2D eigenvalue weighted by molar-refractivity contribution is 1.00. The summed E-state index contributed by atoms with van der Waals surface area (Å²) in [4.78, 5) is 11.3. The van der Waals surface area contributed by atoms with Crippen molar-refractivity contribution in [1.29, 1.82) is 0 Å². The number of hydrazine groups is 1. The number of nitrogens with zero attached hydrogens (tertiary/aromatic N) is 3. The van der Waals surface area contributed by atoms with E-state index in [1.807, 2.05) is 0 Å². The molecule has 0 saturated heterocycles. The van der Waals surface area contributed by atoms with E-state index in [2.05, 4.69) is 20.4 Å². The van der Waals surface area contributed by atoms with Crippen molar-refractivity contribution in [3.63, 3.8) is 0 Å². The second kappa shape index (κ2) is 3.47. The van der Waals surface area contributed by atoms with Crippen LogP contribution in [0.3, 0.4) is 0 Å². The molecule has 6 heteroatoms. The van der Waals surface area contributed by atoms with Gasteiger partial charge in [-0.05, 0) is 0 Å². The first-order chi connectivity index (χ1) is 5.33. The number of rotatable bonds is 1. The molecule has 0 atom stereocenters. The Hall–Kier alpha value is -1.69. The fraction of sp³-hybridized carbons (Fsp3) is 0. The van der Waals surface area contributed by atoms with Crippen molar-refractivity contribution >= 4 is 11.6 Å². The predicted octanol–water partition coefficient (Wildman–Crippen LogP) is -1.11. The second-order valence-electron chi connectivity index (χ2n) is 1.74. The van der Waals surface area contributed by atoms with Crippen LogP contribution in [0.4, 0.5) is 5.69 Å². The van der Waals surface area contributed by atoms with Gasteiger partial charge in [-0.3, -0.25) is 5.43 Å². The lowest BCUT2D eigenvalue weighted by Crippen LogP contribution is -2.36. The maximum atomic E-state index is 5.26. The number of aromatic nitrogens is 2. The summed E-state index contributed by atoms with van der Waals surface area (Å²) in [6.07, 6.45) is 4.46. The standard InChI is InChI=1S/C5H8N6/c6-5(11-7)10-4-1-8-3-9-2-4/h1-3H,7H2,(H3,6,10,11). The maximum absolute atomic E-state index is 5.26. The largest absolute Gasteiger partial charge is 0.369 e. The van der Waals surface area contributed by atoms with Crippen molar-refractivity contribution in [3.8, 4) is 0 Å². The van der Waals surface area contributed by atoms with Crippen LogP contribution in [-0.2, 0) is 0 Å². The summed E-state index contributed by atoms with van der Waals surface area (Å²) < 4.78 is 0. The zero-order valence-electron chi connectivity index (χ0n) is 5.73. The second-order valence-corrected chi connectivity index (χ2v) is 1.74. The Morgan fingerprint density at radius 3 is 2.64 bits per heavy atom. The van der Waals surface area contributed by atoms with Crippen LogP contribution in [0.2, 0.25) is 0 Å². The van der Waals surface area contributed by atoms with Crippen LogP contribution < -0.4 is 17.0 Å². The molecular formula is C5H8N6. The van der Waals surface area contributed by atoms with Gasteiger partial charge in [-0.25, -0.2) is 20.8 Å². The van der Waals surface area contributed by atoms with Crippen molar-refractivity contribution < 1.29 is 0 Å². The number of aliphatic imine (C=N–C) groups is 1. The van der Waals surface area contributed by atoms with Crippen LogP contribution >= 0.6 is 0 Å². The molecular weight excluding hydrogens is 144 g/mol. The van der Waals surface area contributed by atoms with Crippen molar-refractivity contribution in [2.24, 2.45) is 16.6 Å². The molecule has 11 heavy (non-hydrogen) atoms. The minimum atomic E-state index is 0.125. The molecule has 0 unspecified atom stereocenters. The predicted molar refractivity (Wildman–Crippen MR) is 40.6 cm³/mol. The van der Waals surface area contributed by atoms with Crippen LogP contribution in [0, 0.1) is 0 Å². The molecule has 1 heterocycles. The molecule has 58 valence electrons. The molecule has 1 aromatic heterocycles. The third-order valence-corrected chi connectivity index (χ3v) is 0.944. The van der Waals surface area contributed by atoms with E-state index in [1.54, 1.807) is 0 Å². The van der Waals surface area contributed by atoms with Gasteiger partial charge in [0.25, 0.3) is 0 Å². The normalized spacial score (nSPS) is 11.2. The first kappa shape index (κ1) is 7.42. The number of hydrogen-bond donors (Lipinski definition) is 3. The summed E-state index contributed by atoms with van der Waals surface area (Å²) in [6.45, 7) is 0. The topological polar surface area (TPSA) is 102 Å². The highest BCUT2D eigenvalue weighted by molar-refractivity contribution is 5.79. The molecule has 0 aromatic carbocycles. The van der Waals surface area contributed by atoms with E-state index in [0.717, 1.165) is 0 Å².